The molecule has 0 unspecified atom stereocenters. The summed E-state index contributed by atoms with van der Waals surface area (Å²) < 4.78 is 6.26. The van der Waals surface area contributed by atoms with Crippen molar-refractivity contribution in [3.63, 3.8) is 0 Å². The highest BCUT2D eigenvalue weighted by atomic mass is 16.5. The van der Waals surface area contributed by atoms with Crippen LogP contribution >= 0.6 is 0 Å². The van der Waals surface area contributed by atoms with Crippen molar-refractivity contribution in [1.29, 1.82) is 0 Å². The molecule has 8 nitrogen and oxygen atoms in total. The van der Waals surface area contributed by atoms with Gasteiger partial charge in [0.1, 0.15) is 22.9 Å². The molecule has 0 radical (unpaired) electrons. The molecule has 3 heterocycles. The second-order valence-electron chi connectivity index (χ2n) is 8.82. The first-order valence-corrected chi connectivity index (χ1v) is 11.2. The first-order chi connectivity index (χ1) is 15.1. The van der Waals surface area contributed by atoms with Gasteiger partial charge in [0.05, 0.1) is 18.4 Å². The monoisotopic (exact) mass is 422 g/mol. The SMILES string of the molecule is CN1CCC(c2ncc(Nc3ncc4cccc(OC5CCC(O)CC5)c4n3)[nH]2)CC1. The van der Waals surface area contributed by atoms with Gasteiger partial charge in [0.25, 0.3) is 0 Å². The molecule has 3 aromatic rings. The van der Waals surface area contributed by atoms with Gasteiger partial charge < -0.3 is 25.0 Å². The number of aliphatic hydroxyl groups is 1. The molecule has 8 heteroatoms. The van der Waals surface area contributed by atoms with E-state index in [-0.39, 0.29) is 12.2 Å². The average Bonchev–Trinajstić information content (AvgIpc) is 3.25. The van der Waals surface area contributed by atoms with Crippen molar-refractivity contribution in [3.8, 4) is 5.75 Å². The van der Waals surface area contributed by atoms with E-state index >= 15 is 0 Å². The molecule has 0 atom stereocenters. The van der Waals surface area contributed by atoms with E-state index in [0.29, 0.717) is 11.9 Å². The molecule has 1 saturated heterocycles. The number of H-pyrrole nitrogens is 1. The van der Waals surface area contributed by atoms with Crippen molar-refractivity contribution >= 4 is 22.7 Å². The van der Waals surface area contributed by atoms with E-state index in [9.17, 15) is 5.11 Å². The minimum Gasteiger partial charge on any atom is -0.488 e. The normalized spacial score (nSPS) is 23.2. The Morgan fingerprint density at radius 2 is 1.87 bits per heavy atom. The lowest BCUT2D eigenvalue weighted by Gasteiger charge is -2.27. The van der Waals surface area contributed by atoms with E-state index in [4.69, 9.17) is 9.72 Å². The number of ether oxygens (including phenoxy) is 1. The van der Waals surface area contributed by atoms with Gasteiger partial charge in [0, 0.05) is 17.5 Å². The van der Waals surface area contributed by atoms with E-state index in [1.165, 1.54) is 0 Å². The maximum atomic E-state index is 9.74. The zero-order valence-electron chi connectivity index (χ0n) is 17.9. The molecule has 31 heavy (non-hydrogen) atoms. The van der Waals surface area contributed by atoms with Crippen LogP contribution in [-0.2, 0) is 0 Å². The van der Waals surface area contributed by atoms with Gasteiger partial charge in [0.2, 0.25) is 5.95 Å². The van der Waals surface area contributed by atoms with Crippen molar-refractivity contribution in [3.05, 3.63) is 36.4 Å². The van der Waals surface area contributed by atoms with E-state index in [0.717, 1.165) is 79.9 Å². The van der Waals surface area contributed by atoms with Gasteiger partial charge >= 0.3 is 0 Å². The Bertz CT molecular complexity index is 1020. The summed E-state index contributed by atoms with van der Waals surface area (Å²) in [4.78, 5) is 19.5. The van der Waals surface area contributed by atoms with Crippen molar-refractivity contribution in [1.82, 2.24) is 24.8 Å². The number of rotatable bonds is 5. The number of benzene rings is 1. The maximum Gasteiger partial charge on any atom is 0.229 e. The van der Waals surface area contributed by atoms with E-state index in [2.05, 4.69) is 32.2 Å². The zero-order valence-corrected chi connectivity index (χ0v) is 17.9. The molecule has 1 aliphatic carbocycles. The molecule has 2 fully saturated rings. The summed E-state index contributed by atoms with van der Waals surface area (Å²) in [6.07, 6.45) is 9.09. The summed E-state index contributed by atoms with van der Waals surface area (Å²) in [5.41, 5.74) is 0.793. The van der Waals surface area contributed by atoms with Crippen LogP contribution in [0.2, 0.25) is 0 Å². The first kappa shape index (κ1) is 20.2. The molecule has 5 rings (SSSR count). The summed E-state index contributed by atoms with van der Waals surface area (Å²) in [6, 6.07) is 5.91. The Hall–Kier alpha value is -2.71. The van der Waals surface area contributed by atoms with Crippen LogP contribution in [0, 0.1) is 0 Å². The van der Waals surface area contributed by atoms with Gasteiger partial charge in [-0.1, -0.05) is 12.1 Å². The second-order valence-corrected chi connectivity index (χ2v) is 8.82. The summed E-state index contributed by atoms with van der Waals surface area (Å²) >= 11 is 0. The lowest BCUT2D eigenvalue weighted by molar-refractivity contribution is 0.0672. The molecule has 1 saturated carbocycles. The predicted molar refractivity (Wildman–Crippen MR) is 120 cm³/mol. The van der Waals surface area contributed by atoms with Crippen LogP contribution in [0.5, 0.6) is 5.75 Å². The third-order valence-electron chi connectivity index (χ3n) is 6.46. The van der Waals surface area contributed by atoms with Crippen LogP contribution in [0.4, 0.5) is 11.8 Å². The number of hydrogen-bond acceptors (Lipinski definition) is 7. The minimum atomic E-state index is -0.195. The number of imidazole rings is 1. The lowest BCUT2D eigenvalue weighted by atomic mass is 9.95. The maximum absolute atomic E-state index is 9.74. The summed E-state index contributed by atoms with van der Waals surface area (Å²) in [5, 5.41) is 13.9. The quantitative estimate of drug-likeness (QED) is 0.578. The van der Waals surface area contributed by atoms with Gasteiger partial charge in [-0.25, -0.2) is 15.0 Å². The number of piperidine rings is 1. The highest BCUT2D eigenvalue weighted by molar-refractivity contribution is 5.84. The Morgan fingerprint density at radius 1 is 1.06 bits per heavy atom. The smallest absolute Gasteiger partial charge is 0.229 e. The molecule has 3 N–H and O–H groups in total. The second kappa shape index (κ2) is 8.80. The van der Waals surface area contributed by atoms with Crippen LogP contribution < -0.4 is 10.1 Å². The highest BCUT2D eigenvalue weighted by Gasteiger charge is 2.22. The Morgan fingerprint density at radius 3 is 2.68 bits per heavy atom. The molecule has 0 bridgehead atoms. The molecule has 2 aromatic heterocycles. The molecule has 2 aliphatic rings. The van der Waals surface area contributed by atoms with Crippen LogP contribution in [0.1, 0.15) is 50.3 Å². The predicted octanol–water partition coefficient (Wildman–Crippen LogP) is 3.59. The van der Waals surface area contributed by atoms with Gasteiger partial charge in [-0.2, -0.15) is 0 Å². The molecule has 0 spiro atoms. The third kappa shape index (κ3) is 4.65. The molecule has 0 amide bonds. The van der Waals surface area contributed by atoms with E-state index < -0.39 is 0 Å². The number of aliphatic hydroxyl groups excluding tert-OH is 1. The van der Waals surface area contributed by atoms with Crippen LogP contribution in [0.25, 0.3) is 10.9 Å². The van der Waals surface area contributed by atoms with Crippen molar-refractivity contribution in [2.75, 3.05) is 25.5 Å². The Kier molecular flexibility index (Phi) is 5.74. The Labute approximate surface area is 182 Å². The first-order valence-electron chi connectivity index (χ1n) is 11.2. The fourth-order valence-electron chi connectivity index (χ4n) is 4.54. The van der Waals surface area contributed by atoms with Gasteiger partial charge in [-0.05, 0) is 64.7 Å². The number of anilines is 2. The third-order valence-corrected chi connectivity index (χ3v) is 6.46. The number of aromatic nitrogens is 4. The minimum absolute atomic E-state index is 0.116. The van der Waals surface area contributed by atoms with Gasteiger partial charge in [-0.15, -0.1) is 0 Å². The topological polar surface area (TPSA) is 99.2 Å². The molecular weight excluding hydrogens is 392 g/mol. The fourth-order valence-corrected chi connectivity index (χ4v) is 4.54. The Balaban J connectivity index is 1.31. The zero-order chi connectivity index (χ0) is 21.2. The molecular formula is C23H30N6O2. The number of para-hydroxylation sites is 1. The largest absolute Gasteiger partial charge is 0.488 e. The fraction of sp³-hybridized carbons (Fsp3) is 0.522. The highest BCUT2D eigenvalue weighted by Crippen LogP contribution is 2.30. The lowest BCUT2D eigenvalue weighted by Crippen LogP contribution is -2.29. The van der Waals surface area contributed by atoms with Crippen LogP contribution in [0.15, 0.2) is 30.6 Å². The van der Waals surface area contributed by atoms with Crippen molar-refractivity contribution in [2.24, 2.45) is 0 Å². The standard InChI is InChI=1S/C23H30N6O2/c1-29-11-9-15(10-12-29)22-24-14-20(26-22)27-23-25-13-16-3-2-4-19(21(16)28-23)31-18-7-5-17(30)6-8-18/h2-4,13-15,17-18,30H,5-12H2,1H3,(H,24,26)(H,25,27,28). The molecule has 1 aromatic carbocycles. The van der Waals surface area contributed by atoms with E-state index in [1.54, 1.807) is 0 Å². The number of nitrogens with one attached hydrogen (secondary N) is 2. The van der Waals surface area contributed by atoms with Crippen LogP contribution in [-0.4, -0.2) is 62.3 Å². The van der Waals surface area contributed by atoms with Crippen molar-refractivity contribution in [2.45, 2.75) is 56.7 Å². The number of fused-ring (bicyclic) bond motifs is 1. The number of aromatic amines is 1. The average molecular weight is 423 g/mol. The number of likely N-dealkylation sites (tertiary alicyclic amines) is 1. The van der Waals surface area contributed by atoms with Gasteiger partial charge in [0.15, 0.2) is 0 Å². The number of nitrogens with zero attached hydrogens (tertiary/aromatic N) is 4. The molecule has 1 aliphatic heterocycles. The summed E-state index contributed by atoms with van der Waals surface area (Å²) in [7, 11) is 2.16. The van der Waals surface area contributed by atoms with Gasteiger partial charge in [-0.3, -0.25) is 0 Å². The number of hydrogen-bond donors (Lipinski definition) is 3. The summed E-state index contributed by atoms with van der Waals surface area (Å²) in [5.74, 6) is 3.58. The van der Waals surface area contributed by atoms with Crippen LogP contribution in [0.3, 0.4) is 0 Å². The van der Waals surface area contributed by atoms with E-state index in [1.807, 2.05) is 30.6 Å². The molecule has 164 valence electrons. The summed E-state index contributed by atoms with van der Waals surface area (Å²) in [6.45, 7) is 2.20. The van der Waals surface area contributed by atoms with Crippen molar-refractivity contribution < 1.29 is 9.84 Å².